The third kappa shape index (κ3) is 6.16. The van der Waals surface area contributed by atoms with Gasteiger partial charge in [0.05, 0.1) is 11.0 Å². The average Bonchev–Trinajstić information content (AvgIpc) is 2.56. The first kappa shape index (κ1) is 19.9. The van der Waals surface area contributed by atoms with Crippen molar-refractivity contribution >= 4 is 21.7 Å². The normalized spacial score (nSPS) is 11.6. The minimum absolute atomic E-state index is 0.0238. The Kier molecular flexibility index (Phi) is 6.76. The molecule has 0 amide bonds. The predicted molar refractivity (Wildman–Crippen MR) is 102 cm³/mol. The number of sulfonamides is 1. The van der Waals surface area contributed by atoms with Crippen LogP contribution in [-0.2, 0) is 10.0 Å². The fourth-order valence-electron chi connectivity index (χ4n) is 2.05. The minimum Gasteiger partial charge on any atom is -0.491 e. The summed E-state index contributed by atoms with van der Waals surface area (Å²) < 4.78 is 32.8. The van der Waals surface area contributed by atoms with E-state index in [9.17, 15) is 8.42 Å². The number of hydrogen-bond acceptors (Lipinski definition) is 7. The molecule has 0 saturated carbocycles. The van der Waals surface area contributed by atoms with Crippen molar-refractivity contribution in [1.29, 1.82) is 0 Å². The smallest absolute Gasteiger partial charge is 0.263 e. The zero-order valence-corrected chi connectivity index (χ0v) is 16.2. The van der Waals surface area contributed by atoms with Crippen LogP contribution in [0.5, 0.6) is 5.75 Å². The second kappa shape index (κ2) is 8.81. The maximum atomic E-state index is 12.4. The van der Waals surface area contributed by atoms with E-state index in [1.165, 1.54) is 12.1 Å². The lowest BCUT2D eigenvalue weighted by Gasteiger charge is -2.12. The quantitative estimate of drug-likeness (QED) is 0.688. The van der Waals surface area contributed by atoms with E-state index >= 15 is 0 Å². The average molecular weight is 379 g/mol. The summed E-state index contributed by atoms with van der Waals surface area (Å²) in [6.07, 6.45) is 0.0238. The van der Waals surface area contributed by atoms with Crippen LogP contribution in [0, 0.1) is 0 Å². The Morgan fingerprint density at radius 1 is 1.04 bits per heavy atom. The van der Waals surface area contributed by atoms with Crippen molar-refractivity contribution in [2.45, 2.75) is 24.8 Å². The summed E-state index contributed by atoms with van der Waals surface area (Å²) in [5.74, 6) is 1.36. The van der Waals surface area contributed by atoms with Gasteiger partial charge in [0.15, 0.2) is 5.82 Å². The Bertz CT molecular complexity index is 790. The standard InChI is InChI=1S/C17H25N5O3S/c1-13(2)25-14-5-7-15(8-6-14)26(23,24)21-17-10-9-16(19-20-17)18-11-12-22(3)4/h5-10,13H,11-12H2,1-4H3,(H,18,19)(H,20,21). The summed E-state index contributed by atoms with van der Waals surface area (Å²) in [7, 11) is 0.223. The highest BCUT2D eigenvalue weighted by Gasteiger charge is 2.15. The lowest BCUT2D eigenvalue weighted by Crippen LogP contribution is -2.21. The molecule has 2 aromatic rings. The van der Waals surface area contributed by atoms with Gasteiger partial charge in [-0.25, -0.2) is 8.42 Å². The number of aromatic nitrogens is 2. The van der Waals surface area contributed by atoms with Crippen molar-refractivity contribution in [3.8, 4) is 5.75 Å². The summed E-state index contributed by atoms with van der Waals surface area (Å²) >= 11 is 0. The summed E-state index contributed by atoms with van der Waals surface area (Å²) in [4.78, 5) is 2.17. The van der Waals surface area contributed by atoms with E-state index in [1.807, 2.05) is 32.8 Å². The first-order valence-corrected chi connectivity index (χ1v) is 9.76. The molecular weight excluding hydrogens is 354 g/mol. The zero-order chi connectivity index (χ0) is 19.2. The van der Waals surface area contributed by atoms with Crippen LogP contribution in [0.15, 0.2) is 41.3 Å². The largest absolute Gasteiger partial charge is 0.491 e. The van der Waals surface area contributed by atoms with E-state index in [2.05, 4.69) is 20.2 Å². The van der Waals surface area contributed by atoms with E-state index in [4.69, 9.17) is 4.74 Å². The highest BCUT2D eigenvalue weighted by molar-refractivity contribution is 7.92. The fourth-order valence-corrected chi connectivity index (χ4v) is 3.05. The number of rotatable bonds is 9. The van der Waals surface area contributed by atoms with Gasteiger partial charge in [-0.3, -0.25) is 4.72 Å². The molecule has 142 valence electrons. The molecule has 0 unspecified atom stereocenters. The molecule has 0 fully saturated rings. The number of nitrogens with zero attached hydrogens (tertiary/aromatic N) is 3. The van der Waals surface area contributed by atoms with Crippen LogP contribution < -0.4 is 14.8 Å². The van der Waals surface area contributed by atoms with Gasteiger partial charge < -0.3 is 15.0 Å². The van der Waals surface area contributed by atoms with Gasteiger partial charge in [0.2, 0.25) is 0 Å². The van der Waals surface area contributed by atoms with E-state index in [0.29, 0.717) is 11.6 Å². The molecule has 0 spiro atoms. The first-order chi connectivity index (χ1) is 12.3. The molecule has 0 saturated heterocycles. The van der Waals surface area contributed by atoms with Gasteiger partial charge in [0.1, 0.15) is 11.6 Å². The highest BCUT2D eigenvalue weighted by Crippen LogP contribution is 2.19. The first-order valence-electron chi connectivity index (χ1n) is 8.28. The maximum absolute atomic E-state index is 12.4. The van der Waals surface area contributed by atoms with Gasteiger partial charge in [-0.05, 0) is 64.3 Å². The van der Waals surface area contributed by atoms with Crippen molar-refractivity contribution in [1.82, 2.24) is 15.1 Å². The molecule has 2 N–H and O–H groups in total. The molecule has 9 heteroatoms. The topological polar surface area (TPSA) is 96.5 Å². The van der Waals surface area contributed by atoms with Crippen LogP contribution in [0.3, 0.4) is 0 Å². The van der Waals surface area contributed by atoms with Crippen LogP contribution in [0.2, 0.25) is 0 Å². The Hall–Kier alpha value is -2.39. The van der Waals surface area contributed by atoms with Gasteiger partial charge in [-0.15, -0.1) is 10.2 Å². The summed E-state index contributed by atoms with van der Waals surface area (Å²) in [5, 5.41) is 11.0. The van der Waals surface area contributed by atoms with E-state index < -0.39 is 10.0 Å². The van der Waals surface area contributed by atoms with Crippen molar-refractivity contribution in [3.63, 3.8) is 0 Å². The van der Waals surface area contributed by atoms with E-state index in [1.54, 1.807) is 24.3 Å². The molecule has 1 aromatic heterocycles. The zero-order valence-electron chi connectivity index (χ0n) is 15.4. The molecule has 0 aliphatic heterocycles. The highest BCUT2D eigenvalue weighted by atomic mass is 32.2. The Morgan fingerprint density at radius 2 is 1.65 bits per heavy atom. The Labute approximate surface area is 154 Å². The maximum Gasteiger partial charge on any atom is 0.263 e. The van der Waals surface area contributed by atoms with E-state index in [0.717, 1.165) is 13.1 Å². The van der Waals surface area contributed by atoms with Gasteiger partial charge in [-0.2, -0.15) is 0 Å². The summed E-state index contributed by atoms with van der Waals surface area (Å²) in [6.45, 7) is 5.39. The van der Waals surface area contributed by atoms with Crippen molar-refractivity contribution in [2.24, 2.45) is 0 Å². The van der Waals surface area contributed by atoms with Gasteiger partial charge in [0.25, 0.3) is 10.0 Å². The lowest BCUT2D eigenvalue weighted by molar-refractivity contribution is 0.242. The molecule has 0 aliphatic rings. The van der Waals surface area contributed by atoms with Crippen LogP contribution in [0.1, 0.15) is 13.8 Å². The fraction of sp³-hybridized carbons (Fsp3) is 0.412. The molecule has 26 heavy (non-hydrogen) atoms. The number of anilines is 2. The molecule has 1 heterocycles. The van der Waals surface area contributed by atoms with Gasteiger partial charge in [-0.1, -0.05) is 0 Å². The van der Waals surface area contributed by atoms with Crippen LogP contribution in [0.25, 0.3) is 0 Å². The summed E-state index contributed by atoms with van der Waals surface area (Å²) in [5.41, 5.74) is 0. The molecule has 2 rings (SSSR count). The second-order valence-corrected chi connectivity index (χ2v) is 7.96. The van der Waals surface area contributed by atoms with Crippen molar-refractivity contribution in [3.05, 3.63) is 36.4 Å². The predicted octanol–water partition coefficient (Wildman–Crippen LogP) is 2.04. The second-order valence-electron chi connectivity index (χ2n) is 6.28. The molecular formula is C17H25N5O3S. The molecule has 0 radical (unpaired) electrons. The number of ether oxygens (including phenoxy) is 1. The van der Waals surface area contributed by atoms with Crippen LogP contribution >= 0.6 is 0 Å². The SMILES string of the molecule is CC(C)Oc1ccc(S(=O)(=O)Nc2ccc(NCCN(C)C)nn2)cc1. The molecule has 0 atom stereocenters. The molecule has 0 aliphatic carbocycles. The van der Waals surface area contributed by atoms with Gasteiger partial charge >= 0.3 is 0 Å². The number of hydrogen-bond donors (Lipinski definition) is 2. The number of likely N-dealkylation sites (N-methyl/N-ethyl adjacent to an activating group) is 1. The minimum atomic E-state index is -3.73. The Morgan fingerprint density at radius 3 is 2.19 bits per heavy atom. The Balaban J connectivity index is 2.00. The monoisotopic (exact) mass is 379 g/mol. The van der Waals surface area contributed by atoms with Gasteiger partial charge in [0, 0.05) is 13.1 Å². The molecule has 8 nitrogen and oxygen atoms in total. The number of nitrogens with one attached hydrogen (secondary N) is 2. The van der Waals surface area contributed by atoms with Crippen molar-refractivity contribution in [2.75, 3.05) is 37.2 Å². The van der Waals surface area contributed by atoms with Crippen LogP contribution in [0.4, 0.5) is 11.6 Å². The lowest BCUT2D eigenvalue weighted by atomic mass is 10.3. The third-order valence-electron chi connectivity index (χ3n) is 3.27. The molecule has 0 bridgehead atoms. The van der Waals surface area contributed by atoms with E-state index in [-0.39, 0.29) is 16.8 Å². The molecule has 1 aromatic carbocycles. The third-order valence-corrected chi connectivity index (χ3v) is 4.65. The number of benzene rings is 1. The van der Waals surface area contributed by atoms with Crippen molar-refractivity contribution < 1.29 is 13.2 Å². The van der Waals surface area contributed by atoms with Crippen LogP contribution in [-0.4, -0.2) is 56.8 Å². The summed E-state index contributed by atoms with van der Waals surface area (Å²) in [6, 6.07) is 9.48.